The maximum absolute atomic E-state index is 12.6. The fourth-order valence-electron chi connectivity index (χ4n) is 2.68. The van der Waals surface area contributed by atoms with E-state index in [0.717, 1.165) is 4.68 Å². The molecule has 0 aliphatic heterocycles. The lowest BCUT2D eigenvalue weighted by Crippen LogP contribution is -2.35. The third-order valence-electron chi connectivity index (χ3n) is 4.45. The lowest BCUT2D eigenvalue weighted by molar-refractivity contribution is -0.384. The maximum Gasteiger partial charge on any atom is 0.437 e. The van der Waals surface area contributed by atoms with E-state index < -0.39 is 16.7 Å². The van der Waals surface area contributed by atoms with Gasteiger partial charge in [0.05, 0.1) is 11.0 Å². The Morgan fingerprint density at radius 2 is 1.96 bits per heavy atom. The summed E-state index contributed by atoms with van der Waals surface area (Å²) < 4.78 is 6.08. The number of likely N-dealkylation sites (N-methyl/N-ethyl adjacent to an activating group) is 1. The van der Waals surface area contributed by atoms with Crippen molar-refractivity contribution >= 4 is 11.6 Å². The molecule has 3 aromatic rings. The van der Waals surface area contributed by atoms with Gasteiger partial charge in [-0.1, -0.05) is 30.3 Å². The van der Waals surface area contributed by atoms with Crippen molar-refractivity contribution in [1.29, 1.82) is 0 Å². The van der Waals surface area contributed by atoms with Gasteiger partial charge in [-0.2, -0.15) is 4.68 Å². The molecular formula is C19H18N4O5. The number of hydrogen-bond donors (Lipinski definition) is 0. The van der Waals surface area contributed by atoms with Crippen LogP contribution in [0.2, 0.25) is 0 Å². The van der Waals surface area contributed by atoms with Crippen LogP contribution in [0.25, 0.3) is 11.5 Å². The van der Waals surface area contributed by atoms with Gasteiger partial charge in [0.25, 0.3) is 5.69 Å². The van der Waals surface area contributed by atoms with Crippen molar-refractivity contribution in [1.82, 2.24) is 14.7 Å². The molecule has 0 fully saturated rings. The van der Waals surface area contributed by atoms with Crippen molar-refractivity contribution in [2.75, 3.05) is 7.05 Å². The highest BCUT2D eigenvalue weighted by Crippen LogP contribution is 2.23. The smallest absolute Gasteiger partial charge is 0.388 e. The zero-order chi connectivity index (χ0) is 20.3. The standard InChI is InChI=1S/C19H18N4O5/c1-13(15-9-6-10-16(11-15)23(26)27)21(2)17(24)12-22-19(25)28-18(20-22)14-7-4-3-5-8-14/h3-11,13H,12H2,1-2H3/t13-/m1/s1. The predicted octanol–water partition coefficient (Wildman–Crippen LogP) is 2.63. The summed E-state index contributed by atoms with van der Waals surface area (Å²) in [4.78, 5) is 36.5. The van der Waals surface area contributed by atoms with E-state index >= 15 is 0 Å². The minimum Gasteiger partial charge on any atom is -0.388 e. The molecule has 0 bridgehead atoms. The van der Waals surface area contributed by atoms with Crippen LogP contribution in [0, 0.1) is 10.1 Å². The number of non-ortho nitro benzene ring substituents is 1. The zero-order valence-corrected chi connectivity index (χ0v) is 15.3. The molecule has 9 heteroatoms. The summed E-state index contributed by atoms with van der Waals surface area (Å²) >= 11 is 0. The van der Waals surface area contributed by atoms with Gasteiger partial charge in [0.1, 0.15) is 6.54 Å². The summed E-state index contributed by atoms with van der Waals surface area (Å²) in [5.74, 6) is -0.981. The molecule has 1 aromatic heterocycles. The molecule has 144 valence electrons. The summed E-state index contributed by atoms with van der Waals surface area (Å²) in [5.41, 5.74) is 1.19. The van der Waals surface area contributed by atoms with Crippen LogP contribution < -0.4 is 5.76 Å². The molecule has 1 amide bonds. The largest absolute Gasteiger partial charge is 0.437 e. The number of carbonyl (C=O) groups excluding carboxylic acids is 1. The summed E-state index contributed by atoms with van der Waals surface area (Å²) in [6.07, 6.45) is 0. The van der Waals surface area contributed by atoms with Crippen LogP contribution in [0.3, 0.4) is 0 Å². The minimum absolute atomic E-state index is 0.0505. The Labute approximate surface area is 160 Å². The van der Waals surface area contributed by atoms with Crippen molar-refractivity contribution in [3.8, 4) is 11.5 Å². The van der Waals surface area contributed by atoms with E-state index in [1.54, 1.807) is 50.4 Å². The first kappa shape index (κ1) is 19.0. The lowest BCUT2D eigenvalue weighted by atomic mass is 10.1. The van der Waals surface area contributed by atoms with Gasteiger partial charge in [-0.15, -0.1) is 5.10 Å². The van der Waals surface area contributed by atoms with E-state index in [-0.39, 0.29) is 24.0 Å². The Balaban J connectivity index is 1.76. The molecule has 0 saturated heterocycles. The topological polar surface area (TPSA) is 111 Å². The second-order valence-corrected chi connectivity index (χ2v) is 6.23. The van der Waals surface area contributed by atoms with Gasteiger partial charge in [0.2, 0.25) is 11.8 Å². The first-order valence-electron chi connectivity index (χ1n) is 8.50. The van der Waals surface area contributed by atoms with Gasteiger partial charge in [0.15, 0.2) is 0 Å². The van der Waals surface area contributed by atoms with Crippen LogP contribution in [0.5, 0.6) is 0 Å². The van der Waals surface area contributed by atoms with Crippen molar-refractivity contribution in [2.24, 2.45) is 0 Å². The molecule has 0 spiro atoms. The number of hydrogen-bond acceptors (Lipinski definition) is 6. The van der Waals surface area contributed by atoms with Gasteiger partial charge in [-0.05, 0) is 24.6 Å². The number of nitro groups is 1. The Hall–Kier alpha value is -3.75. The summed E-state index contributed by atoms with van der Waals surface area (Å²) in [6.45, 7) is 1.45. The highest BCUT2D eigenvalue weighted by molar-refractivity contribution is 5.76. The molecule has 3 rings (SSSR count). The maximum atomic E-state index is 12.6. The molecule has 9 nitrogen and oxygen atoms in total. The van der Waals surface area contributed by atoms with Crippen LogP contribution in [-0.2, 0) is 11.3 Å². The first-order chi connectivity index (χ1) is 13.4. The minimum atomic E-state index is -0.733. The van der Waals surface area contributed by atoms with E-state index in [1.807, 2.05) is 6.07 Å². The molecular weight excluding hydrogens is 364 g/mol. The van der Waals surface area contributed by atoms with Crippen LogP contribution in [0.1, 0.15) is 18.5 Å². The van der Waals surface area contributed by atoms with Crippen LogP contribution in [0.15, 0.2) is 63.8 Å². The summed E-state index contributed by atoms with van der Waals surface area (Å²) in [6, 6.07) is 14.5. The number of benzene rings is 2. The van der Waals surface area contributed by atoms with Crippen molar-refractivity contribution in [3.63, 3.8) is 0 Å². The molecule has 0 radical (unpaired) electrons. The van der Waals surface area contributed by atoms with Crippen LogP contribution in [0.4, 0.5) is 5.69 Å². The summed E-state index contributed by atoms with van der Waals surface area (Å²) in [7, 11) is 1.56. The number of nitro benzene ring substituents is 1. The fraction of sp³-hybridized carbons (Fsp3) is 0.211. The zero-order valence-electron chi connectivity index (χ0n) is 15.3. The monoisotopic (exact) mass is 382 g/mol. The Bertz CT molecular complexity index is 1060. The lowest BCUT2D eigenvalue weighted by Gasteiger charge is -2.25. The van der Waals surface area contributed by atoms with Crippen molar-refractivity contribution in [2.45, 2.75) is 19.5 Å². The molecule has 0 aliphatic carbocycles. The van der Waals surface area contributed by atoms with Crippen molar-refractivity contribution in [3.05, 3.63) is 80.8 Å². The normalized spacial score (nSPS) is 11.8. The van der Waals surface area contributed by atoms with Gasteiger partial charge < -0.3 is 9.32 Å². The second-order valence-electron chi connectivity index (χ2n) is 6.23. The number of amides is 1. The first-order valence-corrected chi connectivity index (χ1v) is 8.50. The summed E-state index contributed by atoms with van der Waals surface area (Å²) in [5, 5.41) is 15.0. The van der Waals surface area contributed by atoms with Crippen molar-refractivity contribution < 1.29 is 14.1 Å². The predicted molar refractivity (Wildman–Crippen MR) is 100 cm³/mol. The number of aromatic nitrogens is 2. The van der Waals surface area contributed by atoms with Gasteiger partial charge >= 0.3 is 5.76 Å². The molecule has 1 heterocycles. The fourth-order valence-corrected chi connectivity index (χ4v) is 2.68. The molecule has 0 saturated carbocycles. The second kappa shape index (κ2) is 7.87. The quantitative estimate of drug-likeness (QED) is 0.478. The Morgan fingerprint density at radius 3 is 2.64 bits per heavy atom. The van der Waals surface area contributed by atoms with E-state index in [0.29, 0.717) is 11.1 Å². The van der Waals surface area contributed by atoms with Crippen LogP contribution >= 0.6 is 0 Å². The van der Waals surface area contributed by atoms with E-state index in [1.165, 1.54) is 17.0 Å². The van der Waals surface area contributed by atoms with E-state index in [4.69, 9.17) is 4.42 Å². The number of nitrogens with zero attached hydrogens (tertiary/aromatic N) is 4. The van der Waals surface area contributed by atoms with Gasteiger partial charge in [0, 0.05) is 24.7 Å². The highest BCUT2D eigenvalue weighted by atomic mass is 16.6. The van der Waals surface area contributed by atoms with Gasteiger partial charge in [-0.3, -0.25) is 14.9 Å². The molecule has 0 unspecified atom stereocenters. The average molecular weight is 382 g/mol. The Kier molecular flexibility index (Phi) is 5.35. The SMILES string of the molecule is C[C@H](c1cccc([N+](=O)[O-])c1)N(C)C(=O)Cn1nc(-c2ccccc2)oc1=O. The third kappa shape index (κ3) is 3.98. The number of carbonyl (C=O) groups is 1. The molecule has 1 atom stereocenters. The molecule has 0 N–H and O–H groups in total. The molecule has 0 aliphatic rings. The Morgan fingerprint density at radius 1 is 1.25 bits per heavy atom. The third-order valence-corrected chi connectivity index (χ3v) is 4.45. The van der Waals surface area contributed by atoms with E-state index in [9.17, 15) is 19.7 Å². The highest BCUT2D eigenvalue weighted by Gasteiger charge is 2.21. The van der Waals surface area contributed by atoms with Crippen LogP contribution in [-0.4, -0.2) is 32.6 Å². The van der Waals surface area contributed by atoms with E-state index in [2.05, 4.69) is 5.10 Å². The molecule has 28 heavy (non-hydrogen) atoms. The average Bonchev–Trinajstić information content (AvgIpc) is 3.07. The molecule has 2 aromatic carbocycles. The number of rotatable bonds is 6. The van der Waals surface area contributed by atoms with Gasteiger partial charge in [-0.25, -0.2) is 4.79 Å².